The van der Waals surface area contributed by atoms with Gasteiger partial charge in [0.2, 0.25) is 0 Å². The Morgan fingerprint density at radius 1 is 1.40 bits per heavy atom. The number of benzene rings is 1. The highest BCUT2D eigenvalue weighted by molar-refractivity contribution is 8.00. The number of nitriles is 1. The van der Waals surface area contributed by atoms with E-state index in [0.29, 0.717) is 21.0 Å². The van der Waals surface area contributed by atoms with E-state index in [4.69, 9.17) is 16.3 Å². The summed E-state index contributed by atoms with van der Waals surface area (Å²) in [6, 6.07) is 9.23. The van der Waals surface area contributed by atoms with E-state index in [0.717, 1.165) is 9.77 Å². The lowest BCUT2D eigenvalue weighted by molar-refractivity contribution is 0.0607. The molecule has 0 unspecified atom stereocenters. The van der Waals surface area contributed by atoms with Crippen LogP contribution in [-0.4, -0.2) is 19.3 Å². The SMILES string of the molecule is COC(=O)c1sc(SC)c(C#N)c1-c1ccc(Cl)cc1. The van der Waals surface area contributed by atoms with Crippen LogP contribution in [0.3, 0.4) is 0 Å². The molecule has 0 saturated heterocycles. The lowest BCUT2D eigenvalue weighted by Crippen LogP contribution is -2.00. The van der Waals surface area contributed by atoms with Crippen molar-refractivity contribution in [2.75, 3.05) is 13.4 Å². The number of esters is 1. The molecule has 1 aromatic heterocycles. The standard InChI is InChI=1S/C14H10ClNO2S2/c1-18-13(17)12-11(8-3-5-9(15)6-4-8)10(7-16)14(19-2)20-12/h3-6H,1-2H3. The van der Waals surface area contributed by atoms with Crippen molar-refractivity contribution in [1.82, 2.24) is 0 Å². The third-order valence-corrected chi connectivity index (χ3v) is 5.22. The Balaban J connectivity index is 2.71. The quantitative estimate of drug-likeness (QED) is 0.618. The summed E-state index contributed by atoms with van der Waals surface area (Å²) in [4.78, 5) is 12.4. The first-order chi connectivity index (χ1) is 9.62. The molecule has 0 atom stereocenters. The molecule has 0 aliphatic rings. The Labute approximate surface area is 130 Å². The fourth-order valence-electron chi connectivity index (χ4n) is 1.78. The Morgan fingerprint density at radius 2 is 2.05 bits per heavy atom. The first-order valence-corrected chi connectivity index (χ1v) is 7.99. The zero-order valence-corrected chi connectivity index (χ0v) is 13.2. The Bertz CT molecular complexity index is 686. The van der Waals surface area contributed by atoms with Crippen molar-refractivity contribution in [2.45, 2.75) is 4.21 Å². The van der Waals surface area contributed by atoms with Crippen LogP contribution in [0, 0.1) is 11.3 Å². The molecule has 0 aliphatic carbocycles. The molecule has 2 rings (SSSR count). The van der Waals surface area contributed by atoms with Crippen LogP contribution in [0.15, 0.2) is 28.5 Å². The van der Waals surface area contributed by atoms with Gasteiger partial charge in [0.15, 0.2) is 0 Å². The van der Waals surface area contributed by atoms with Crippen LogP contribution in [-0.2, 0) is 4.74 Å². The molecule has 6 heteroatoms. The van der Waals surface area contributed by atoms with Crippen molar-refractivity contribution in [3.63, 3.8) is 0 Å². The first-order valence-electron chi connectivity index (χ1n) is 5.57. The number of ether oxygens (including phenoxy) is 1. The number of thioether (sulfide) groups is 1. The van der Waals surface area contributed by atoms with Crippen molar-refractivity contribution in [3.05, 3.63) is 39.7 Å². The number of thiophene rings is 1. The molecule has 0 fully saturated rings. The normalized spacial score (nSPS) is 10.1. The number of hydrogen-bond acceptors (Lipinski definition) is 5. The van der Waals surface area contributed by atoms with Gasteiger partial charge < -0.3 is 4.74 Å². The lowest BCUT2D eigenvalue weighted by atomic mass is 10.0. The summed E-state index contributed by atoms with van der Waals surface area (Å²) in [5.41, 5.74) is 1.90. The molecule has 0 N–H and O–H groups in total. The number of carbonyl (C=O) groups excluding carboxylic acids is 1. The van der Waals surface area contributed by atoms with Crippen LogP contribution >= 0.6 is 34.7 Å². The second-order valence-corrected chi connectivity index (χ2v) is 6.32. The number of halogens is 1. The molecule has 20 heavy (non-hydrogen) atoms. The van der Waals surface area contributed by atoms with E-state index in [1.807, 2.05) is 6.26 Å². The van der Waals surface area contributed by atoms with Gasteiger partial charge in [-0.25, -0.2) is 4.79 Å². The number of nitrogens with zero attached hydrogens (tertiary/aromatic N) is 1. The van der Waals surface area contributed by atoms with Crippen LogP contribution in [0.25, 0.3) is 11.1 Å². The van der Waals surface area contributed by atoms with Crippen molar-refractivity contribution in [2.24, 2.45) is 0 Å². The summed E-state index contributed by atoms with van der Waals surface area (Å²) in [5, 5.41) is 9.98. The molecular formula is C14H10ClNO2S2. The van der Waals surface area contributed by atoms with E-state index < -0.39 is 5.97 Å². The Morgan fingerprint density at radius 3 is 2.55 bits per heavy atom. The third kappa shape index (κ3) is 2.68. The minimum absolute atomic E-state index is 0.434. The molecule has 2 aromatic rings. The average molecular weight is 324 g/mol. The maximum atomic E-state index is 11.9. The lowest BCUT2D eigenvalue weighted by Gasteiger charge is -2.04. The summed E-state index contributed by atoms with van der Waals surface area (Å²) in [7, 11) is 1.33. The molecule has 3 nitrogen and oxygen atoms in total. The summed E-state index contributed by atoms with van der Waals surface area (Å²) >= 11 is 8.60. The Hall–Kier alpha value is -1.48. The summed E-state index contributed by atoms with van der Waals surface area (Å²) in [6.45, 7) is 0. The van der Waals surface area contributed by atoms with Crippen LogP contribution in [0.1, 0.15) is 15.2 Å². The van der Waals surface area contributed by atoms with Gasteiger partial charge in [-0.3, -0.25) is 0 Å². The first kappa shape index (κ1) is 14.9. The van der Waals surface area contributed by atoms with E-state index >= 15 is 0 Å². The van der Waals surface area contributed by atoms with Crippen LogP contribution in [0.4, 0.5) is 0 Å². The molecule has 102 valence electrons. The van der Waals surface area contributed by atoms with Gasteiger partial charge in [-0.1, -0.05) is 23.7 Å². The molecule has 0 amide bonds. The highest BCUT2D eigenvalue weighted by Crippen LogP contribution is 2.41. The zero-order valence-electron chi connectivity index (χ0n) is 10.8. The van der Waals surface area contributed by atoms with Gasteiger partial charge in [0, 0.05) is 10.6 Å². The number of hydrogen-bond donors (Lipinski definition) is 0. The summed E-state index contributed by atoms with van der Waals surface area (Å²) in [6.07, 6.45) is 1.87. The van der Waals surface area contributed by atoms with Crippen molar-refractivity contribution >= 4 is 40.7 Å². The van der Waals surface area contributed by atoms with Gasteiger partial charge in [-0.2, -0.15) is 5.26 Å². The molecule has 0 saturated carbocycles. The maximum Gasteiger partial charge on any atom is 0.348 e. The van der Waals surface area contributed by atoms with Crippen LogP contribution in [0.2, 0.25) is 5.02 Å². The summed E-state index contributed by atoms with van der Waals surface area (Å²) in [5.74, 6) is -0.434. The van der Waals surface area contributed by atoms with E-state index in [9.17, 15) is 10.1 Å². The third-order valence-electron chi connectivity index (χ3n) is 2.68. The maximum absolute atomic E-state index is 11.9. The molecule has 0 spiro atoms. The number of carbonyl (C=O) groups is 1. The molecule has 1 aromatic carbocycles. The molecule has 0 aliphatic heterocycles. The van der Waals surface area contributed by atoms with E-state index in [-0.39, 0.29) is 0 Å². The minimum Gasteiger partial charge on any atom is -0.465 e. The smallest absolute Gasteiger partial charge is 0.348 e. The largest absolute Gasteiger partial charge is 0.465 e. The topological polar surface area (TPSA) is 50.1 Å². The second kappa shape index (κ2) is 6.31. The zero-order chi connectivity index (χ0) is 14.7. The van der Waals surface area contributed by atoms with Gasteiger partial charge in [0.1, 0.15) is 10.9 Å². The van der Waals surface area contributed by atoms with Crippen molar-refractivity contribution in [3.8, 4) is 17.2 Å². The van der Waals surface area contributed by atoms with Gasteiger partial charge in [-0.05, 0) is 24.0 Å². The van der Waals surface area contributed by atoms with E-state index in [1.165, 1.54) is 30.2 Å². The molecule has 0 bridgehead atoms. The number of methoxy groups -OCH3 is 1. The van der Waals surface area contributed by atoms with E-state index in [2.05, 4.69) is 6.07 Å². The summed E-state index contributed by atoms with van der Waals surface area (Å²) < 4.78 is 5.61. The monoisotopic (exact) mass is 323 g/mol. The van der Waals surface area contributed by atoms with Crippen LogP contribution < -0.4 is 0 Å². The van der Waals surface area contributed by atoms with Crippen molar-refractivity contribution < 1.29 is 9.53 Å². The second-order valence-electron chi connectivity index (χ2n) is 3.78. The highest BCUT2D eigenvalue weighted by atomic mass is 35.5. The van der Waals surface area contributed by atoms with Gasteiger partial charge in [0.05, 0.1) is 16.9 Å². The Kier molecular flexibility index (Phi) is 4.71. The number of rotatable bonds is 3. The van der Waals surface area contributed by atoms with Gasteiger partial charge in [-0.15, -0.1) is 23.1 Å². The fourth-order valence-corrected chi connectivity index (χ4v) is 3.77. The predicted octanol–water partition coefficient (Wildman–Crippen LogP) is 4.45. The predicted molar refractivity (Wildman–Crippen MR) is 82.6 cm³/mol. The van der Waals surface area contributed by atoms with Gasteiger partial charge in [0.25, 0.3) is 0 Å². The average Bonchev–Trinajstić information content (AvgIpc) is 2.85. The highest BCUT2D eigenvalue weighted by Gasteiger charge is 2.24. The van der Waals surface area contributed by atoms with Gasteiger partial charge >= 0.3 is 5.97 Å². The van der Waals surface area contributed by atoms with Crippen molar-refractivity contribution in [1.29, 1.82) is 5.26 Å². The van der Waals surface area contributed by atoms with Crippen LogP contribution in [0.5, 0.6) is 0 Å². The molecule has 0 radical (unpaired) electrons. The molecule has 1 heterocycles. The fraction of sp³-hybridized carbons (Fsp3) is 0.143. The minimum atomic E-state index is -0.434. The van der Waals surface area contributed by atoms with E-state index in [1.54, 1.807) is 24.3 Å². The molecular weight excluding hydrogens is 314 g/mol.